The molecule has 4 nitrogen and oxygen atoms in total. The molecule has 0 aromatic carbocycles. The summed E-state index contributed by atoms with van der Waals surface area (Å²) < 4.78 is 36.2. The Morgan fingerprint density at radius 1 is 1.40 bits per heavy atom. The number of carbonyl (C=O) groups excluding carboxylic acids is 1. The molecule has 1 unspecified atom stereocenters. The number of carbonyl (C=O) groups is 2. The zero-order chi connectivity index (χ0) is 11.6. The van der Waals surface area contributed by atoms with Crippen LogP contribution in [0, 0.1) is 0 Å². The van der Waals surface area contributed by atoms with E-state index >= 15 is 0 Å². The Morgan fingerprint density at radius 3 is 2.47 bits per heavy atom. The number of rotatable bonds is 1. The molecule has 86 valence electrons. The van der Waals surface area contributed by atoms with Gasteiger partial charge >= 0.3 is 18.1 Å². The maximum atomic E-state index is 12.1. The van der Waals surface area contributed by atoms with E-state index < -0.39 is 23.4 Å². The summed E-state index contributed by atoms with van der Waals surface area (Å²) in [5, 5.41) is 7.22. The Morgan fingerprint density at radius 2 is 2.00 bits per heavy atom. The van der Waals surface area contributed by atoms with Crippen LogP contribution in [0.3, 0.4) is 0 Å². The fourth-order valence-corrected chi connectivity index (χ4v) is 2.26. The summed E-state index contributed by atoms with van der Waals surface area (Å²) in [5.41, 5.74) is 0. The summed E-state index contributed by atoms with van der Waals surface area (Å²) in [7, 11) is 0. The van der Waals surface area contributed by atoms with Crippen molar-refractivity contribution in [1.29, 1.82) is 0 Å². The van der Waals surface area contributed by atoms with Crippen molar-refractivity contribution in [2.45, 2.75) is 18.0 Å². The molecular formula is C7H8F3NO3S. The topological polar surface area (TPSA) is 57.6 Å². The lowest BCUT2D eigenvalue weighted by Gasteiger charge is -2.32. The number of nitrogens with zero attached hydrogens (tertiary/aromatic N) is 1. The van der Waals surface area contributed by atoms with Crippen LogP contribution in [0.1, 0.15) is 6.42 Å². The van der Waals surface area contributed by atoms with Crippen molar-refractivity contribution in [2.24, 2.45) is 0 Å². The van der Waals surface area contributed by atoms with Gasteiger partial charge in [-0.15, -0.1) is 11.8 Å². The number of amides is 1. The van der Waals surface area contributed by atoms with E-state index in [9.17, 15) is 22.8 Å². The fourth-order valence-electron chi connectivity index (χ4n) is 1.21. The minimum Gasteiger partial charge on any atom is -0.479 e. The molecule has 1 atom stereocenters. The second-order valence-electron chi connectivity index (χ2n) is 2.91. The van der Waals surface area contributed by atoms with Crippen LogP contribution in [0.4, 0.5) is 13.2 Å². The minimum absolute atomic E-state index is 0.164. The van der Waals surface area contributed by atoms with Crippen molar-refractivity contribution >= 4 is 23.6 Å². The minimum atomic E-state index is -5.01. The van der Waals surface area contributed by atoms with Crippen LogP contribution in [-0.4, -0.2) is 45.7 Å². The molecule has 1 heterocycles. The molecule has 0 saturated carbocycles. The maximum absolute atomic E-state index is 12.1. The van der Waals surface area contributed by atoms with E-state index in [1.807, 2.05) is 0 Å². The second-order valence-corrected chi connectivity index (χ2v) is 4.10. The van der Waals surface area contributed by atoms with Crippen molar-refractivity contribution in [3.63, 3.8) is 0 Å². The molecule has 0 bridgehead atoms. The quantitative estimate of drug-likeness (QED) is 0.744. The van der Waals surface area contributed by atoms with Crippen molar-refractivity contribution < 1.29 is 27.9 Å². The molecule has 1 saturated heterocycles. The Kier molecular flexibility index (Phi) is 3.48. The van der Waals surface area contributed by atoms with Gasteiger partial charge < -0.3 is 10.0 Å². The molecule has 0 aromatic rings. The Balaban J connectivity index is 2.81. The van der Waals surface area contributed by atoms with Crippen LogP contribution in [-0.2, 0) is 9.59 Å². The summed E-state index contributed by atoms with van der Waals surface area (Å²) in [6.45, 7) is -0.164. The van der Waals surface area contributed by atoms with Gasteiger partial charge in [0.25, 0.3) is 0 Å². The molecule has 1 aliphatic heterocycles. The Bertz CT molecular complexity index is 281. The lowest BCUT2D eigenvalue weighted by molar-refractivity contribution is -0.187. The fraction of sp³-hybridized carbons (Fsp3) is 0.714. The van der Waals surface area contributed by atoms with Gasteiger partial charge in [-0.25, -0.2) is 4.79 Å². The predicted molar refractivity (Wildman–Crippen MR) is 46.3 cm³/mol. The molecule has 15 heavy (non-hydrogen) atoms. The van der Waals surface area contributed by atoms with Gasteiger partial charge in [0.05, 0.1) is 0 Å². The van der Waals surface area contributed by atoms with Crippen LogP contribution in [0.15, 0.2) is 0 Å². The standard InChI is InChI=1S/C7H8F3NO3S/c8-7(9,10)6(14)11-2-1-3-15-4(11)5(12)13/h4H,1-3H2,(H,12,13). The molecule has 1 fully saturated rings. The third kappa shape index (κ3) is 2.77. The molecule has 1 amide bonds. The van der Waals surface area contributed by atoms with Gasteiger partial charge in [-0.1, -0.05) is 0 Å². The van der Waals surface area contributed by atoms with Gasteiger partial charge in [0.15, 0.2) is 5.37 Å². The van der Waals surface area contributed by atoms with Gasteiger partial charge in [-0.2, -0.15) is 13.2 Å². The summed E-state index contributed by atoms with van der Waals surface area (Å²) in [6.07, 6.45) is -4.64. The molecule has 1 rings (SSSR count). The number of carboxylic acid groups (broad SMARTS) is 1. The van der Waals surface area contributed by atoms with E-state index in [4.69, 9.17) is 5.11 Å². The zero-order valence-electron chi connectivity index (χ0n) is 7.45. The van der Waals surface area contributed by atoms with Gasteiger partial charge in [0.2, 0.25) is 0 Å². The largest absolute Gasteiger partial charge is 0.479 e. The third-order valence-electron chi connectivity index (χ3n) is 1.82. The van der Waals surface area contributed by atoms with Crippen molar-refractivity contribution in [1.82, 2.24) is 4.90 Å². The normalized spacial score (nSPS) is 22.6. The number of hydrogen-bond acceptors (Lipinski definition) is 3. The van der Waals surface area contributed by atoms with Crippen molar-refractivity contribution in [3.8, 4) is 0 Å². The Labute approximate surface area is 87.4 Å². The number of aliphatic carboxylic acids is 1. The summed E-state index contributed by atoms with van der Waals surface area (Å²) >= 11 is 0.829. The first-order valence-electron chi connectivity index (χ1n) is 4.06. The van der Waals surface area contributed by atoms with Crippen LogP contribution < -0.4 is 0 Å². The number of alkyl halides is 3. The van der Waals surface area contributed by atoms with Gasteiger partial charge in [-0.3, -0.25) is 4.79 Å². The predicted octanol–water partition coefficient (Wildman–Crippen LogP) is 0.925. The molecule has 0 aliphatic carbocycles. The molecular weight excluding hydrogens is 235 g/mol. The van der Waals surface area contributed by atoms with E-state index in [1.165, 1.54) is 0 Å². The van der Waals surface area contributed by atoms with E-state index in [1.54, 1.807) is 0 Å². The van der Waals surface area contributed by atoms with E-state index in [2.05, 4.69) is 0 Å². The van der Waals surface area contributed by atoms with E-state index in [-0.39, 0.29) is 6.54 Å². The monoisotopic (exact) mass is 243 g/mol. The highest BCUT2D eigenvalue weighted by Gasteiger charge is 2.47. The smallest absolute Gasteiger partial charge is 0.471 e. The van der Waals surface area contributed by atoms with Crippen molar-refractivity contribution in [3.05, 3.63) is 0 Å². The van der Waals surface area contributed by atoms with Gasteiger partial charge in [0.1, 0.15) is 0 Å². The number of thioether (sulfide) groups is 1. The average molecular weight is 243 g/mol. The number of hydrogen-bond donors (Lipinski definition) is 1. The summed E-state index contributed by atoms with van der Waals surface area (Å²) in [6, 6.07) is 0. The average Bonchev–Trinajstić information content (AvgIpc) is 2.15. The van der Waals surface area contributed by atoms with Gasteiger partial charge in [-0.05, 0) is 12.2 Å². The first kappa shape index (κ1) is 12.2. The molecule has 1 N–H and O–H groups in total. The van der Waals surface area contributed by atoms with E-state index in [0.717, 1.165) is 11.8 Å². The highest BCUT2D eigenvalue weighted by molar-refractivity contribution is 8.00. The summed E-state index contributed by atoms with van der Waals surface area (Å²) in [5.74, 6) is -3.06. The van der Waals surface area contributed by atoms with E-state index in [0.29, 0.717) is 17.1 Å². The first-order chi connectivity index (χ1) is 6.84. The third-order valence-corrected chi connectivity index (χ3v) is 3.11. The molecule has 0 spiro atoms. The molecule has 1 aliphatic rings. The first-order valence-corrected chi connectivity index (χ1v) is 5.11. The number of carboxylic acids is 1. The van der Waals surface area contributed by atoms with Gasteiger partial charge in [0, 0.05) is 6.54 Å². The van der Waals surface area contributed by atoms with Crippen LogP contribution >= 0.6 is 11.8 Å². The molecule has 0 radical (unpaired) electrons. The van der Waals surface area contributed by atoms with Crippen LogP contribution in [0.5, 0.6) is 0 Å². The lowest BCUT2D eigenvalue weighted by Crippen LogP contribution is -2.51. The number of halogens is 3. The van der Waals surface area contributed by atoms with Crippen LogP contribution in [0.2, 0.25) is 0 Å². The highest BCUT2D eigenvalue weighted by Crippen LogP contribution is 2.28. The zero-order valence-corrected chi connectivity index (χ0v) is 8.27. The SMILES string of the molecule is O=C(O)C1SCCCN1C(=O)C(F)(F)F. The maximum Gasteiger partial charge on any atom is 0.471 e. The second kappa shape index (κ2) is 4.30. The molecule has 8 heteroatoms. The van der Waals surface area contributed by atoms with Crippen LogP contribution in [0.25, 0.3) is 0 Å². The van der Waals surface area contributed by atoms with Crippen molar-refractivity contribution in [2.75, 3.05) is 12.3 Å². The molecule has 0 aromatic heterocycles. The lowest BCUT2D eigenvalue weighted by atomic mass is 10.3. The Hall–Kier alpha value is -0.920. The highest BCUT2D eigenvalue weighted by atomic mass is 32.2. The summed E-state index contributed by atoms with van der Waals surface area (Å²) in [4.78, 5) is 21.8.